The van der Waals surface area contributed by atoms with Gasteiger partial charge in [0.2, 0.25) is 5.88 Å². The van der Waals surface area contributed by atoms with Crippen LogP contribution in [0.5, 0.6) is 5.88 Å². The van der Waals surface area contributed by atoms with E-state index in [9.17, 15) is 5.11 Å². The van der Waals surface area contributed by atoms with Gasteiger partial charge in [0.05, 0.1) is 16.8 Å². The molecule has 0 radical (unpaired) electrons. The van der Waals surface area contributed by atoms with Gasteiger partial charge in [-0.2, -0.15) is 0 Å². The van der Waals surface area contributed by atoms with E-state index in [2.05, 4.69) is 76.1 Å². The van der Waals surface area contributed by atoms with Crippen LogP contribution < -0.4 is 0 Å². The molecule has 124 valence electrons. The van der Waals surface area contributed by atoms with Crippen LogP contribution in [0.25, 0.3) is 22.4 Å². The minimum atomic E-state index is -0.235. The van der Waals surface area contributed by atoms with E-state index in [1.807, 2.05) is 16.8 Å². The van der Waals surface area contributed by atoms with E-state index < -0.39 is 0 Å². The Morgan fingerprint density at radius 1 is 0.792 bits per heavy atom. The summed E-state index contributed by atoms with van der Waals surface area (Å²) in [6.45, 7) is 10.4. The fourth-order valence-corrected chi connectivity index (χ4v) is 2.86. The molecule has 0 unspecified atom stereocenters. The fraction of sp³-hybridized carbons (Fsp3) is 0.286. The summed E-state index contributed by atoms with van der Waals surface area (Å²) in [5, 5.41) is 15.0. The van der Waals surface area contributed by atoms with Crippen LogP contribution in [0.4, 0.5) is 0 Å². The van der Waals surface area contributed by atoms with Crippen molar-refractivity contribution in [2.75, 3.05) is 0 Å². The van der Waals surface area contributed by atoms with Gasteiger partial charge in [-0.25, -0.2) is 0 Å². The van der Waals surface area contributed by atoms with Crippen LogP contribution >= 0.6 is 0 Å². The molecule has 3 rings (SSSR count). The largest absolute Gasteiger partial charge is 0.492 e. The van der Waals surface area contributed by atoms with Crippen molar-refractivity contribution < 1.29 is 5.11 Å². The molecule has 1 N–H and O–H groups in total. The highest BCUT2D eigenvalue weighted by Gasteiger charge is 2.26. The molecular formula is C21H24N2O. The Hall–Kier alpha value is -2.55. The Bertz CT molecular complexity index is 851. The van der Waals surface area contributed by atoms with Crippen molar-refractivity contribution in [3.63, 3.8) is 0 Å². The molecule has 0 aliphatic rings. The Labute approximate surface area is 143 Å². The van der Waals surface area contributed by atoms with E-state index in [1.54, 1.807) is 0 Å². The third-order valence-corrected chi connectivity index (χ3v) is 4.17. The maximum Gasteiger partial charge on any atom is 0.238 e. The van der Waals surface area contributed by atoms with Crippen molar-refractivity contribution in [2.24, 2.45) is 0 Å². The van der Waals surface area contributed by atoms with Crippen LogP contribution in [0, 0.1) is 13.8 Å². The third-order valence-electron chi connectivity index (χ3n) is 4.17. The molecule has 0 aliphatic heterocycles. The van der Waals surface area contributed by atoms with Crippen molar-refractivity contribution >= 4 is 0 Å². The fourth-order valence-electron chi connectivity index (χ4n) is 2.86. The predicted molar refractivity (Wildman–Crippen MR) is 99.2 cm³/mol. The van der Waals surface area contributed by atoms with Crippen molar-refractivity contribution in [3.05, 3.63) is 59.7 Å². The second-order valence-corrected chi connectivity index (χ2v) is 7.36. The minimum Gasteiger partial charge on any atom is -0.492 e. The number of hydrogen-bond donors (Lipinski definition) is 1. The van der Waals surface area contributed by atoms with E-state index in [4.69, 9.17) is 0 Å². The zero-order valence-electron chi connectivity index (χ0n) is 15.0. The number of aromatic hydroxyl groups is 1. The maximum absolute atomic E-state index is 10.6. The molecule has 1 aromatic heterocycles. The minimum absolute atomic E-state index is 0.0735. The number of benzene rings is 2. The molecule has 2 aromatic carbocycles. The third kappa shape index (κ3) is 2.94. The van der Waals surface area contributed by atoms with Crippen LogP contribution in [-0.4, -0.2) is 14.9 Å². The molecule has 0 saturated heterocycles. The first kappa shape index (κ1) is 16.3. The lowest BCUT2D eigenvalue weighted by Gasteiger charge is -2.23. The van der Waals surface area contributed by atoms with Crippen LogP contribution in [0.15, 0.2) is 48.5 Å². The molecule has 0 amide bonds. The van der Waals surface area contributed by atoms with Gasteiger partial charge in [-0.1, -0.05) is 59.7 Å². The number of aryl methyl sites for hydroxylation is 2. The standard InChI is InChI=1S/C21H24N2O/c1-14-6-10-16(11-7-14)18-19(17-12-8-15(2)9-13-17)23(21(3,4)5)22-20(18)24/h6-13H,1-5H3,(H,22,24). The Balaban J connectivity index is 2.30. The Morgan fingerprint density at radius 2 is 1.25 bits per heavy atom. The highest BCUT2D eigenvalue weighted by atomic mass is 16.3. The SMILES string of the molecule is Cc1ccc(-c2c(O)nn(C(C)(C)C)c2-c2ccc(C)cc2)cc1. The van der Waals surface area contributed by atoms with Crippen LogP contribution in [0.1, 0.15) is 31.9 Å². The first-order chi connectivity index (χ1) is 11.3. The van der Waals surface area contributed by atoms with Crippen molar-refractivity contribution in [2.45, 2.75) is 40.2 Å². The van der Waals surface area contributed by atoms with Gasteiger partial charge in [0.15, 0.2) is 0 Å². The number of hydrogen-bond acceptors (Lipinski definition) is 2. The van der Waals surface area contributed by atoms with Gasteiger partial charge in [0.25, 0.3) is 0 Å². The molecule has 0 spiro atoms. The molecule has 0 bridgehead atoms. The monoisotopic (exact) mass is 320 g/mol. The maximum atomic E-state index is 10.6. The lowest BCUT2D eigenvalue weighted by Crippen LogP contribution is -2.24. The van der Waals surface area contributed by atoms with Gasteiger partial charge in [0.1, 0.15) is 0 Å². The van der Waals surface area contributed by atoms with E-state index in [0.717, 1.165) is 22.4 Å². The molecule has 24 heavy (non-hydrogen) atoms. The lowest BCUT2D eigenvalue weighted by molar-refractivity contribution is 0.341. The lowest BCUT2D eigenvalue weighted by atomic mass is 9.98. The molecule has 1 heterocycles. The highest BCUT2D eigenvalue weighted by Crippen LogP contribution is 2.41. The number of aromatic nitrogens is 2. The van der Waals surface area contributed by atoms with E-state index in [-0.39, 0.29) is 11.4 Å². The van der Waals surface area contributed by atoms with Gasteiger partial charge in [-0.3, -0.25) is 4.68 Å². The van der Waals surface area contributed by atoms with Crippen LogP contribution in [0.3, 0.4) is 0 Å². The summed E-state index contributed by atoms with van der Waals surface area (Å²) < 4.78 is 1.92. The van der Waals surface area contributed by atoms with Crippen molar-refractivity contribution in [1.82, 2.24) is 9.78 Å². The molecule has 0 fully saturated rings. The smallest absolute Gasteiger partial charge is 0.238 e. The van der Waals surface area contributed by atoms with Gasteiger partial charge >= 0.3 is 0 Å². The summed E-state index contributed by atoms with van der Waals surface area (Å²) in [6, 6.07) is 16.5. The molecule has 3 nitrogen and oxygen atoms in total. The average molecular weight is 320 g/mol. The second-order valence-electron chi connectivity index (χ2n) is 7.36. The molecule has 0 atom stereocenters. The summed E-state index contributed by atoms with van der Waals surface area (Å²) in [5.74, 6) is 0.0735. The molecule has 3 heteroatoms. The van der Waals surface area contributed by atoms with E-state index >= 15 is 0 Å². The van der Waals surface area contributed by atoms with Crippen LogP contribution in [0.2, 0.25) is 0 Å². The zero-order valence-corrected chi connectivity index (χ0v) is 15.0. The normalized spacial score (nSPS) is 11.7. The van der Waals surface area contributed by atoms with E-state index in [1.165, 1.54) is 11.1 Å². The van der Waals surface area contributed by atoms with Gasteiger partial charge in [-0.15, -0.1) is 5.10 Å². The van der Waals surface area contributed by atoms with Crippen LogP contribution in [-0.2, 0) is 5.54 Å². The zero-order chi connectivity index (χ0) is 17.5. The molecule has 0 saturated carbocycles. The summed E-state index contributed by atoms with van der Waals surface area (Å²) in [7, 11) is 0. The summed E-state index contributed by atoms with van der Waals surface area (Å²) in [4.78, 5) is 0. The molecular weight excluding hydrogens is 296 g/mol. The van der Waals surface area contributed by atoms with Crippen molar-refractivity contribution in [1.29, 1.82) is 0 Å². The summed E-state index contributed by atoms with van der Waals surface area (Å²) >= 11 is 0. The summed E-state index contributed by atoms with van der Waals surface area (Å²) in [5.41, 5.74) is 5.93. The van der Waals surface area contributed by atoms with Gasteiger partial charge in [-0.05, 0) is 40.2 Å². The second kappa shape index (κ2) is 5.82. The number of nitrogens with zero attached hydrogens (tertiary/aromatic N) is 2. The molecule has 3 aromatic rings. The Morgan fingerprint density at radius 3 is 1.71 bits per heavy atom. The van der Waals surface area contributed by atoms with Gasteiger partial charge < -0.3 is 5.11 Å². The molecule has 0 aliphatic carbocycles. The number of rotatable bonds is 2. The first-order valence-corrected chi connectivity index (χ1v) is 8.24. The van der Waals surface area contributed by atoms with Crippen molar-refractivity contribution in [3.8, 4) is 28.3 Å². The first-order valence-electron chi connectivity index (χ1n) is 8.24. The van der Waals surface area contributed by atoms with Gasteiger partial charge in [0, 0.05) is 5.56 Å². The topological polar surface area (TPSA) is 38.1 Å². The van der Waals surface area contributed by atoms with E-state index in [0.29, 0.717) is 0 Å². The quantitative estimate of drug-likeness (QED) is 0.696. The highest BCUT2D eigenvalue weighted by molar-refractivity contribution is 5.85. The summed E-state index contributed by atoms with van der Waals surface area (Å²) in [6.07, 6.45) is 0. The average Bonchev–Trinajstić information content (AvgIpc) is 2.87. The Kier molecular flexibility index (Phi) is 3.96. The predicted octanol–water partition coefficient (Wildman–Crippen LogP) is 5.29.